The van der Waals surface area contributed by atoms with Gasteiger partial charge in [0.05, 0.1) is 12.8 Å². The number of hydrogen-bond donors (Lipinski definition) is 3. The number of allylic oxidation sites excluding steroid dienone is 1. The van der Waals surface area contributed by atoms with Gasteiger partial charge < -0.3 is 25.2 Å². The minimum absolute atomic E-state index is 0.0380. The van der Waals surface area contributed by atoms with Crippen molar-refractivity contribution in [2.45, 2.75) is 171 Å². The molecule has 0 aromatic heterocycles. The van der Waals surface area contributed by atoms with Gasteiger partial charge in [0.1, 0.15) is 11.7 Å². The highest BCUT2D eigenvalue weighted by atomic mass is 16.6. The molecule has 5 saturated carbocycles. The van der Waals surface area contributed by atoms with Crippen molar-refractivity contribution in [1.82, 2.24) is 10.6 Å². The molecule has 9 nitrogen and oxygen atoms in total. The fourth-order valence-electron chi connectivity index (χ4n) is 13.9. The maximum atomic E-state index is 13.7. The Bertz CT molecular complexity index is 1480. The predicted octanol–water partition coefficient (Wildman–Crippen LogP) is 9.48. The van der Waals surface area contributed by atoms with Crippen LogP contribution in [0.25, 0.3) is 0 Å². The van der Waals surface area contributed by atoms with E-state index in [1.165, 1.54) is 18.4 Å². The predicted molar refractivity (Wildman–Crippen MR) is 211 cm³/mol. The van der Waals surface area contributed by atoms with Gasteiger partial charge in [0.2, 0.25) is 5.91 Å². The van der Waals surface area contributed by atoms with Crippen LogP contribution in [-0.4, -0.2) is 53.8 Å². The minimum Gasteiger partial charge on any atom is -0.481 e. The molecule has 0 bridgehead atoms. The lowest BCUT2D eigenvalue weighted by Crippen LogP contribution is -2.67. The fourth-order valence-corrected chi connectivity index (χ4v) is 13.9. The number of alkyl carbamates (subject to hydrolysis) is 1. The Morgan fingerprint density at radius 2 is 1.44 bits per heavy atom. The van der Waals surface area contributed by atoms with E-state index in [0.29, 0.717) is 49.1 Å². The summed E-state index contributed by atoms with van der Waals surface area (Å²) in [5.41, 5.74) is 0.248. The average molecular weight is 755 g/mol. The Labute approximate surface area is 326 Å². The van der Waals surface area contributed by atoms with Gasteiger partial charge in [-0.05, 0) is 149 Å². The summed E-state index contributed by atoms with van der Waals surface area (Å²) >= 11 is 0. The number of amides is 2. The third-order valence-corrected chi connectivity index (χ3v) is 16.3. The average Bonchev–Trinajstić information content (AvgIpc) is 3.39. The van der Waals surface area contributed by atoms with Crippen LogP contribution >= 0.6 is 0 Å². The van der Waals surface area contributed by atoms with Gasteiger partial charge >= 0.3 is 18.0 Å². The molecular formula is C45H74N2O7. The van der Waals surface area contributed by atoms with Crippen molar-refractivity contribution >= 4 is 23.9 Å². The molecule has 5 aliphatic rings. The van der Waals surface area contributed by atoms with Gasteiger partial charge in [0.25, 0.3) is 0 Å². The summed E-state index contributed by atoms with van der Waals surface area (Å²) in [6.07, 6.45) is 10.8. The quantitative estimate of drug-likeness (QED) is 0.109. The van der Waals surface area contributed by atoms with E-state index < -0.39 is 23.1 Å². The summed E-state index contributed by atoms with van der Waals surface area (Å²) in [4.78, 5) is 50.4. The molecule has 0 spiro atoms. The van der Waals surface area contributed by atoms with Gasteiger partial charge in [-0.2, -0.15) is 0 Å². The normalized spacial score (nSPS) is 38.4. The lowest BCUT2D eigenvalue weighted by molar-refractivity contribution is -0.250. The molecule has 0 heterocycles. The van der Waals surface area contributed by atoms with Crippen molar-refractivity contribution < 1.29 is 33.8 Å². The maximum Gasteiger partial charge on any atom is 0.407 e. The van der Waals surface area contributed by atoms with E-state index >= 15 is 0 Å². The second-order valence-corrected chi connectivity index (χ2v) is 21.8. The van der Waals surface area contributed by atoms with E-state index in [1.54, 1.807) is 0 Å². The third-order valence-electron chi connectivity index (χ3n) is 16.3. The molecule has 5 aliphatic carbocycles. The summed E-state index contributed by atoms with van der Waals surface area (Å²) in [7, 11) is 0. The second-order valence-electron chi connectivity index (χ2n) is 21.8. The van der Waals surface area contributed by atoms with Crippen molar-refractivity contribution in [3.8, 4) is 0 Å². The molecule has 10 atom stereocenters. The molecule has 2 amide bonds. The minimum atomic E-state index is -0.894. The monoisotopic (exact) mass is 755 g/mol. The van der Waals surface area contributed by atoms with Crippen LogP contribution in [0.2, 0.25) is 0 Å². The largest absolute Gasteiger partial charge is 0.481 e. The number of nitrogens with one attached hydrogen (secondary N) is 2. The van der Waals surface area contributed by atoms with Crippen molar-refractivity contribution in [2.75, 3.05) is 13.1 Å². The van der Waals surface area contributed by atoms with Crippen LogP contribution in [0.1, 0.15) is 160 Å². The highest BCUT2D eigenvalue weighted by Gasteiger charge is 2.71. The second kappa shape index (κ2) is 14.7. The van der Waals surface area contributed by atoms with Crippen LogP contribution in [0.15, 0.2) is 12.2 Å². The molecule has 54 heavy (non-hydrogen) atoms. The lowest BCUT2D eigenvalue weighted by Gasteiger charge is -2.73. The molecule has 0 unspecified atom stereocenters. The highest BCUT2D eigenvalue weighted by molar-refractivity contribution is 5.77. The number of carbonyl (C=O) groups excluding carboxylic acids is 3. The maximum absolute atomic E-state index is 13.7. The van der Waals surface area contributed by atoms with E-state index in [9.17, 15) is 24.3 Å². The van der Waals surface area contributed by atoms with Crippen LogP contribution in [-0.2, 0) is 23.9 Å². The number of carboxylic acid groups (broad SMARTS) is 1. The van der Waals surface area contributed by atoms with Gasteiger partial charge in [-0.15, -0.1) is 0 Å². The van der Waals surface area contributed by atoms with E-state index in [4.69, 9.17) is 9.47 Å². The SMILES string of the molecule is C=C(C)[C@@H]1CC[C@]2(CC(=O)NCCNC(=O)OC(C)(C)C)CC[C@]3(C)[C@H](CC[C@@H]4[C@@]5(C)CC[C@H](OC(=O)CC(C)(C)CC(=O)O)C(C)(C)[C@@H]5CC[C@]43C)[C@@H]12. The first-order valence-electron chi connectivity index (χ1n) is 21.1. The Balaban J connectivity index is 1.31. The Kier molecular flexibility index (Phi) is 11.6. The highest BCUT2D eigenvalue weighted by Crippen LogP contribution is 2.78. The van der Waals surface area contributed by atoms with E-state index in [1.807, 2.05) is 34.6 Å². The summed E-state index contributed by atoms with van der Waals surface area (Å²) in [6.45, 7) is 29.0. The van der Waals surface area contributed by atoms with E-state index in [2.05, 4.69) is 58.8 Å². The number of carbonyl (C=O) groups is 4. The first-order chi connectivity index (χ1) is 24.8. The number of hydrogen-bond acceptors (Lipinski definition) is 6. The van der Waals surface area contributed by atoms with Crippen molar-refractivity contribution in [2.24, 2.45) is 62.1 Å². The van der Waals surface area contributed by atoms with Crippen molar-refractivity contribution in [3.63, 3.8) is 0 Å². The lowest BCUT2D eigenvalue weighted by atomic mass is 9.32. The van der Waals surface area contributed by atoms with Crippen LogP contribution < -0.4 is 10.6 Å². The number of ether oxygens (including phenoxy) is 2. The molecule has 0 aromatic carbocycles. The van der Waals surface area contributed by atoms with Crippen LogP contribution in [0.5, 0.6) is 0 Å². The molecule has 0 saturated heterocycles. The smallest absolute Gasteiger partial charge is 0.407 e. The topological polar surface area (TPSA) is 131 Å². The zero-order valence-electron chi connectivity index (χ0n) is 35.7. The number of carboxylic acids is 1. The van der Waals surface area contributed by atoms with Gasteiger partial charge in [-0.1, -0.05) is 60.6 Å². The molecule has 0 aromatic rings. The van der Waals surface area contributed by atoms with Crippen molar-refractivity contribution in [3.05, 3.63) is 12.2 Å². The van der Waals surface area contributed by atoms with Crippen LogP contribution in [0.4, 0.5) is 4.79 Å². The molecule has 5 rings (SSSR count). The summed E-state index contributed by atoms with van der Waals surface area (Å²) in [6, 6.07) is 0. The number of rotatable bonds is 11. The van der Waals surface area contributed by atoms with Crippen molar-refractivity contribution in [1.29, 1.82) is 0 Å². The van der Waals surface area contributed by atoms with E-state index in [-0.39, 0.29) is 57.9 Å². The van der Waals surface area contributed by atoms with Gasteiger partial charge in [0.15, 0.2) is 0 Å². The van der Waals surface area contributed by atoms with Gasteiger partial charge in [0, 0.05) is 24.9 Å². The Hall–Kier alpha value is -2.58. The summed E-state index contributed by atoms with van der Waals surface area (Å²) < 4.78 is 11.6. The Morgan fingerprint density at radius 1 is 0.778 bits per heavy atom. The number of fused-ring (bicyclic) bond motifs is 7. The zero-order chi connectivity index (χ0) is 40.3. The molecule has 5 fully saturated rings. The van der Waals surface area contributed by atoms with Gasteiger partial charge in [-0.25, -0.2) is 4.79 Å². The standard InChI is InChI=1S/C45H74N2O7/c1-28(2)29-15-20-45(25-34(48)46-23-24-47-38(52)54-39(3,4)5)22-21-43(11)30(37(29)45)13-14-32-42(10)18-17-33(41(8,9)31(42)16-19-44(32,43)12)53-36(51)27-40(6,7)26-35(49)50/h29-33,37H,1,13-27H2,2-12H3,(H,46,48)(H,47,52)(H,49,50)/t29-,30+,31-,32+,33-,37+,42-,43+,44+,45+/m0/s1. The fraction of sp³-hybridized carbons (Fsp3) is 0.867. The molecular weight excluding hydrogens is 681 g/mol. The molecule has 0 aliphatic heterocycles. The summed E-state index contributed by atoms with van der Waals surface area (Å²) in [5, 5.41) is 15.2. The van der Waals surface area contributed by atoms with Gasteiger partial charge in [-0.3, -0.25) is 14.4 Å². The zero-order valence-corrected chi connectivity index (χ0v) is 35.7. The number of aliphatic carboxylic acids is 1. The molecule has 0 radical (unpaired) electrons. The Morgan fingerprint density at radius 3 is 2.07 bits per heavy atom. The number of esters is 1. The molecule has 306 valence electrons. The van der Waals surface area contributed by atoms with E-state index in [0.717, 1.165) is 51.4 Å². The summed E-state index contributed by atoms with van der Waals surface area (Å²) in [5.74, 6) is 1.27. The van der Waals surface area contributed by atoms with Crippen LogP contribution in [0, 0.1) is 62.1 Å². The molecule has 3 N–H and O–H groups in total. The third kappa shape index (κ3) is 7.86. The molecule has 9 heteroatoms. The van der Waals surface area contributed by atoms with Crippen LogP contribution in [0.3, 0.4) is 0 Å². The first-order valence-corrected chi connectivity index (χ1v) is 21.1. The first kappa shape index (κ1) is 42.6.